The van der Waals surface area contributed by atoms with Crippen molar-refractivity contribution in [3.05, 3.63) is 18.2 Å². The van der Waals surface area contributed by atoms with E-state index >= 15 is 0 Å². The van der Waals surface area contributed by atoms with Gasteiger partial charge in [0.2, 0.25) is 11.8 Å². The van der Waals surface area contributed by atoms with Crippen molar-refractivity contribution < 1.29 is 14.3 Å². The molecule has 8 nitrogen and oxygen atoms in total. The maximum Gasteiger partial charge on any atom is 0.237 e. The summed E-state index contributed by atoms with van der Waals surface area (Å²) in [6.07, 6.45) is 3.92. The molecule has 1 rings (SSSR count). The number of hydrogen-bond donors (Lipinski definition) is 3. The first-order valence-electron chi connectivity index (χ1n) is 6.79. The lowest BCUT2D eigenvalue weighted by atomic mass is 10.1. The van der Waals surface area contributed by atoms with E-state index in [1.54, 1.807) is 26.6 Å². The van der Waals surface area contributed by atoms with E-state index in [0.29, 0.717) is 32.6 Å². The number of H-pyrrole nitrogens is 1. The summed E-state index contributed by atoms with van der Waals surface area (Å²) in [5.74, 6) is -0.224. The van der Waals surface area contributed by atoms with E-state index in [1.165, 1.54) is 4.90 Å². The van der Waals surface area contributed by atoms with Crippen LogP contribution in [-0.2, 0) is 20.7 Å². The minimum Gasteiger partial charge on any atom is -0.379 e. The van der Waals surface area contributed by atoms with Gasteiger partial charge in [-0.15, -0.1) is 0 Å². The minimum atomic E-state index is -0.624. The SMILES string of the molecule is CN(C)C(=O)CCOCCNC(=O)C(N)Cc1cnc[nH]1. The van der Waals surface area contributed by atoms with Crippen molar-refractivity contribution in [2.24, 2.45) is 5.73 Å². The van der Waals surface area contributed by atoms with Crippen molar-refractivity contribution >= 4 is 11.8 Å². The largest absolute Gasteiger partial charge is 0.379 e. The number of hydrogen-bond acceptors (Lipinski definition) is 5. The average molecular weight is 297 g/mol. The standard InChI is InChI=1S/C13H23N5O3/c1-18(2)12(19)3-5-21-6-4-16-13(20)11(14)7-10-8-15-9-17-10/h8-9,11H,3-7,14H2,1-2H3,(H,15,17)(H,16,20). The Morgan fingerprint density at radius 3 is 2.86 bits per heavy atom. The van der Waals surface area contributed by atoms with E-state index in [9.17, 15) is 9.59 Å². The number of aromatic amines is 1. The average Bonchev–Trinajstić information content (AvgIpc) is 2.94. The lowest BCUT2D eigenvalue weighted by Crippen LogP contribution is -2.43. The summed E-state index contributed by atoms with van der Waals surface area (Å²) < 4.78 is 5.27. The van der Waals surface area contributed by atoms with E-state index in [4.69, 9.17) is 10.5 Å². The summed E-state index contributed by atoms with van der Waals surface area (Å²) in [7, 11) is 3.40. The molecule has 2 amide bonds. The number of carbonyl (C=O) groups is 2. The highest BCUT2D eigenvalue weighted by Gasteiger charge is 2.14. The zero-order valence-electron chi connectivity index (χ0n) is 12.5. The first kappa shape index (κ1) is 17.1. The lowest BCUT2D eigenvalue weighted by Gasteiger charge is -2.12. The molecule has 0 spiro atoms. The Labute approximate surface area is 124 Å². The molecule has 1 unspecified atom stereocenters. The summed E-state index contributed by atoms with van der Waals surface area (Å²) in [4.78, 5) is 31.3. The fraction of sp³-hybridized carbons (Fsp3) is 0.615. The molecule has 0 aliphatic rings. The molecule has 1 atom stereocenters. The predicted molar refractivity (Wildman–Crippen MR) is 77.4 cm³/mol. The van der Waals surface area contributed by atoms with Crippen LogP contribution in [0.2, 0.25) is 0 Å². The van der Waals surface area contributed by atoms with Gasteiger partial charge in [0.25, 0.3) is 0 Å². The molecule has 1 aromatic heterocycles. The van der Waals surface area contributed by atoms with Gasteiger partial charge in [-0.25, -0.2) is 4.98 Å². The third kappa shape index (κ3) is 6.87. The number of nitrogens with one attached hydrogen (secondary N) is 2. The van der Waals surface area contributed by atoms with Gasteiger partial charge in [-0.05, 0) is 0 Å². The topological polar surface area (TPSA) is 113 Å². The van der Waals surface area contributed by atoms with Crippen LogP contribution in [-0.4, -0.2) is 66.6 Å². The second-order valence-corrected chi connectivity index (χ2v) is 4.83. The number of imidazole rings is 1. The van der Waals surface area contributed by atoms with Gasteiger partial charge >= 0.3 is 0 Å². The first-order chi connectivity index (χ1) is 10.0. The van der Waals surface area contributed by atoms with E-state index in [2.05, 4.69) is 15.3 Å². The molecule has 4 N–H and O–H groups in total. The molecule has 21 heavy (non-hydrogen) atoms. The highest BCUT2D eigenvalue weighted by Crippen LogP contribution is 1.96. The summed E-state index contributed by atoms with van der Waals surface area (Å²) in [5, 5.41) is 2.69. The summed E-state index contributed by atoms with van der Waals surface area (Å²) in [6, 6.07) is -0.624. The molecule has 0 aliphatic heterocycles. The molecule has 0 radical (unpaired) electrons. The van der Waals surface area contributed by atoms with Crippen LogP contribution in [0.5, 0.6) is 0 Å². The van der Waals surface area contributed by atoms with Crippen molar-refractivity contribution in [1.29, 1.82) is 0 Å². The molecular weight excluding hydrogens is 274 g/mol. The molecule has 118 valence electrons. The third-order valence-electron chi connectivity index (χ3n) is 2.84. The molecule has 1 aromatic rings. The van der Waals surface area contributed by atoms with Crippen LogP contribution in [0, 0.1) is 0 Å². The first-order valence-corrected chi connectivity index (χ1v) is 6.79. The van der Waals surface area contributed by atoms with Crippen LogP contribution < -0.4 is 11.1 Å². The molecule has 0 aromatic carbocycles. The number of rotatable bonds is 9. The normalized spacial score (nSPS) is 12.0. The van der Waals surface area contributed by atoms with Gasteiger partial charge in [-0.3, -0.25) is 9.59 Å². The summed E-state index contributed by atoms with van der Waals surface area (Å²) in [6.45, 7) is 1.06. The molecule has 0 fully saturated rings. The van der Waals surface area contributed by atoms with Gasteiger partial charge in [0.05, 0.1) is 32.0 Å². The van der Waals surface area contributed by atoms with Gasteiger partial charge in [-0.1, -0.05) is 0 Å². The summed E-state index contributed by atoms with van der Waals surface area (Å²) >= 11 is 0. The van der Waals surface area contributed by atoms with Crippen molar-refractivity contribution in [1.82, 2.24) is 20.2 Å². The van der Waals surface area contributed by atoms with Crippen molar-refractivity contribution in [2.75, 3.05) is 33.9 Å². The molecule has 0 bridgehead atoms. The summed E-state index contributed by atoms with van der Waals surface area (Å²) in [5.41, 5.74) is 6.59. The van der Waals surface area contributed by atoms with Crippen LogP contribution in [0.1, 0.15) is 12.1 Å². The van der Waals surface area contributed by atoms with Gasteiger partial charge in [0.15, 0.2) is 0 Å². The van der Waals surface area contributed by atoms with Gasteiger partial charge in [0, 0.05) is 39.0 Å². The highest BCUT2D eigenvalue weighted by molar-refractivity contribution is 5.81. The van der Waals surface area contributed by atoms with Crippen molar-refractivity contribution in [3.63, 3.8) is 0 Å². The highest BCUT2D eigenvalue weighted by atomic mass is 16.5. The second kappa shape index (κ2) is 9.09. The number of nitrogens with zero attached hydrogens (tertiary/aromatic N) is 2. The Kier molecular flexibility index (Phi) is 7.41. The monoisotopic (exact) mass is 297 g/mol. The zero-order chi connectivity index (χ0) is 15.7. The Morgan fingerprint density at radius 2 is 2.24 bits per heavy atom. The van der Waals surface area contributed by atoms with E-state index in [0.717, 1.165) is 5.69 Å². The predicted octanol–water partition coefficient (Wildman–Crippen LogP) is -1.11. The van der Waals surface area contributed by atoms with Crippen LogP contribution in [0.15, 0.2) is 12.5 Å². The van der Waals surface area contributed by atoms with E-state index in [-0.39, 0.29) is 11.8 Å². The van der Waals surface area contributed by atoms with Gasteiger partial charge in [0.1, 0.15) is 0 Å². The van der Waals surface area contributed by atoms with Crippen LogP contribution in [0.3, 0.4) is 0 Å². The fourth-order valence-corrected chi connectivity index (χ4v) is 1.59. The van der Waals surface area contributed by atoms with Crippen LogP contribution >= 0.6 is 0 Å². The maximum atomic E-state index is 11.7. The molecule has 0 saturated heterocycles. The van der Waals surface area contributed by atoms with Gasteiger partial charge < -0.3 is 25.7 Å². The molecule has 1 heterocycles. The molecule has 8 heteroatoms. The number of amides is 2. The Morgan fingerprint density at radius 1 is 1.48 bits per heavy atom. The van der Waals surface area contributed by atoms with Gasteiger partial charge in [-0.2, -0.15) is 0 Å². The van der Waals surface area contributed by atoms with Crippen molar-refractivity contribution in [2.45, 2.75) is 18.9 Å². The number of carbonyl (C=O) groups excluding carboxylic acids is 2. The number of ether oxygens (including phenoxy) is 1. The van der Waals surface area contributed by atoms with Crippen LogP contribution in [0.4, 0.5) is 0 Å². The maximum absolute atomic E-state index is 11.7. The second-order valence-electron chi connectivity index (χ2n) is 4.83. The molecular formula is C13H23N5O3. The quantitative estimate of drug-likeness (QED) is 0.500. The minimum absolute atomic E-state index is 0.0145. The number of nitrogens with two attached hydrogens (primary N) is 1. The van der Waals surface area contributed by atoms with E-state index in [1.807, 2.05) is 0 Å². The van der Waals surface area contributed by atoms with Crippen LogP contribution in [0.25, 0.3) is 0 Å². The lowest BCUT2D eigenvalue weighted by molar-refractivity contribution is -0.130. The Hall–Kier alpha value is -1.93. The van der Waals surface area contributed by atoms with Crippen molar-refractivity contribution in [3.8, 4) is 0 Å². The third-order valence-corrected chi connectivity index (χ3v) is 2.84. The van der Waals surface area contributed by atoms with E-state index < -0.39 is 6.04 Å². The molecule has 0 aliphatic carbocycles. The fourth-order valence-electron chi connectivity index (χ4n) is 1.59. The number of aromatic nitrogens is 2. The Bertz CT molecular complexity index is 433. The molecule has 0 saturated carbocycles. The smallest absolute Gasteiger partial charge is 0.237 e. The Balaban J connectivity index is 2.06. The zero-order valence-corrected chi connectivity index (χ0v) is 12.5.